The molecule has 0 spiro atoms. The van der Waals surface area contributed by atoms with Gasteiger partial charge in [0.05, 0.1) is 5.69 Å². The molecule has 0 atom stereocenters. The summed E-state index contributed by atoms with van der Waals surface area (Å²) in [5.41, 5.74) is 16.5. The van der Waals surface area contributed by atoms with Gasteiger partial charge in [0.2, 0.25) is 0 Å². The molecule has 59 heavy (non-hydrogen) atoms. The highest BCUT2D eigenvalue weighted by atomic mass is 15.1. The Morgan fingerprint density at radius 1 is 0.305 bits per heavy atom. The highest BCUT2D eigenvalue weighted by Crippen LogP contribution is 2.54. The van der Waals surface area contributed by atoms with E-state index in [1.165, 1.54) is 116 Å². The molecule has 0 N–H and O–H groups in total. The molecule has 0 saturated carbocycles. The van der Waals surface area contributed by atoms with Crippen LogP contribution in [0.1, 0.15) is 49.9 Å². The van der Waals surface area contributed by atoms with E-state index in [1.54, 1.807) is 0 Å². The fraction of sp³-hybridized carbons (Fsp3) is 0.103. The van der Waals surface area contributed by atoms with Crippen molar-refractivity contribution in [2.45, 2.75) is 38.5 Å². The molecule has 10 aromatic carbocycles. The third-order valence-corrected chi connectivity index (χ3v) is 13.8. The summed E-state index contributed by atoms with van der Waals surface area (Å²) in [4.78, 5) is 2.53. The number of hydrogen-bond donors (Lipinski definition) is 0. The minimum Gasteiger partial charge on any atom is -0.310 e. The van der Waals surface area contributed by atoms with E-state index in [1.807, 2.05) is 0 Å². The number of rotatable bonds is 4. The van der Waals surface area contributed by atoms with Gasteiger partial charge in [0, 0.05) is 27.6 Å². The molecule has 0 unspecified atom stereocenters. The lowest BCUT2D eigenvalue weighted by Gasteiger charge is -2.31. The first kappa shape index (κ1) is 34.1. The van der Waals surface area contributed by atoms with Gasteiger partial charge in [-0.25, -0.2) is 0 Å². The van der Waals surface area contributed by atoms with Gasteiger partial charge < -0.3 is 4.90 Å². The fourth-order valence-electron chi connectivity index (χ4n) is 10.8. The monoisotopic (exact) mass is 753 g/mol. The molecular formula is C58H43N. The van der Waals surface area contributed by atoms with E-state index in [-0.39, 0.29) is 10.8 Å². The molecule has 0 aromatic heterocycles. The van der Waals surface area contributed by atoms with Gasteiger partial charge in [0.15, 0.2) is 0 Å². The summed E-state index contributed by atoms with van der Waals surface area (Å²) in [6.45, 7) is 9.58. The summed E-state index contributed by atoms with van der Waals surface area (Å²) in [5, 5.41) is 10.2. The third-order valence-electron chi connectivity index (χ3n) is 13.8. The van der Waals surface area contributed by atoms with Gasteiger partial charge in [-0.05, 0) is 136 Å². The minimum absolute atomic E-state index is 0.116. The zero-order valence-corrected chi connectivity index (χ0v) is 33.8. The Hall–Kier alpha value is -6.96. The second-order valence-electron chi connectivity index (χ2n) is 17.7. The average Bonchev–Trinajstić information content (AvgIpc) is 3.64. The zero-order valence-electron chi connectivity index (χ0n) is 33.8. The Kier molecular flexibility index (Phi) is 7.10. The number of fused-ring (bicyclic) bond motifs is 12. The number of anilines is 3. The van der Waals surface area contributed by atoms with Gasteiger partial charge in [-0.15, -0.1) is 0 Å². The van der Waals surface area contributed by atoms with Crippen molar-refractivity contribution in [3.63, 3.8) is 0 Å². The molecule has 0 radical (unpaired) electrons. The lowest BCUT2D eigenvalue weighted by Crippen LogP contribution is -2.18. The lowest BCUT2D eigenvalue weighted by molar-refractivity contribution is 0.660. The van der Waals surface area contributed by atoms with Crippen molar-refractivity contribution >= 4 is 60.2 Å². The first-order valence-electron chi connectivity index (χ1n) is 20.9. The van der Waals surface area contributed by atoms with Crippen LogP contribution in [0.4, 0.5) is 17.1 Å². The number of hydrogen-bond acceptors (Lipinski definition) is 1. The van der Waals surface area contributed by atoms with Crippen molar-refractivity contribution in [1.82, 2.24) is 0 Å². The van der Waals surface area contributed by atoms with Crippen LogP contribution in [0.2, 0.25) is 0 Å². The minimum atomic E-state index is -0.220. The molecule has 1 nitrogen and oxygen atoms in total. The molecule has 1 heteroatoms. The maximum atomic E-state index is 2.53. The first-order valence-corrected chi connectivity index (χ1v) is 20.9. The van der Waals surface area contributed by atoms with Gasteiger partial charge in [-0.1, -0.05) is 173 Å². The summed E-state index contributed by atoms with van der Waals surface area (Å²) < 4.78 is 0. The quantitative estimate of drug-likeness (QED) is 0.162. The topological polar surface area (TPSA) is 3.24 Å². The van der Waals surface area contributed by atoms with E-state index in [4.69, 9.17) is 0 Å². The number of benzene rings is 10. The van der Waals surface area contributed by atoms with Crippen molar-refractivity contribution in [2.75, 3.05) is 4.90 Å². The van der Waals surface area contributed by atoms with Crippen LogP contribution < -0.4 is 4.90 Å². The summed E-state index contributed by atoms with van der Waals surface area (Å²) in [6, 6.07) is 70.7. The van der Waals surface area contributed by atoms with Crippen LogP contribution in [0.15, 0.2) is 188 Å². The van der Waals surface area contributed by atoms with Gasteiger partial charge in [0.25, 0.3) is 0 Å². The van der Waals surface area contributed by atoms with Gasteiger partial charge in [-0.3, -0.25) is 0 Å². The van der Waals surface area contributed by atoms with E-state index in [0.717, 1.165) is 0 Å². The third kappa shape index (κ3) is 4.85. The predicted molar refractivity (Wildman–Crippen MR) is 252 cm³/mol. The Balaban J connectivity index is 1.05. The van der Waals surface area contributed by atoms with Gasteiger partial charge in [0.1, 0.15) is 0 Å². The highest BCUT2D eigenvalue weighted by Gasteiger charge is 2.38. The average molecular weight is 754 g/mol. The van der Waals surface area contributed by atoms with E-state index < -0.39 is 0 Å². The second-order valence-corrected chi connectivity index (χ2v) is 17.7. The summed E-state index contributed by atoms with van der Waals surface area (Å²) in [7, 11) is 0. The molecule has 0 heterocycles. The van der Waals surface area contributed by atoms with Crippen LogP contribution in [0.5, 0.6) is 0 Å². The normalized spacial score (nSPS) is 14.4. The summed E-state index contributed by atoms with van der Waals surface area (Å²) >= 11 is 0. The van der Waals surface area contributed by atoms with Gasteiger partial charge >= 0.3 is 0 Å². The molecule has 2 aliphatic rings. The molecule has 12 rings (SSSR count). The Morgan fingerprint density at radius 3 is 1.39 bits per heavy atom. The molecule has 0 amide bonds. The smallest absolute Gasteiger partial charge is 0.0546 e. The standard InChI is InChI=1S/C58H43N/c1-57(2)52-24-14-13-22-46(52)48-29-26-39(34-54(48)57)59(56-33-37-16-6-8-18-42(37)44-20-11-12-23-50(44)56)40-27-30-49-47-28-25-38(32-53(47)58(3,4)55(49)35-40)51-31-36-15-5-7-17-41(36)43-19-9-10-21-45(43)51/h5-35H,1-4H3. The van der Waals surface area contributed by atoms with E-state index >= 15 is 0 Å². The van der Waals surface area contributed by atoms with Crippen molar-refractivity contribution in [2.24, 2.45) is 0 Å². The van der Waals surface area contributed by atoms with Crippen molar-refractivity contribution < 1.29 is 0 Å². The molecule has 10 aromatic rings. The van der Waals surface area contributed by atoms with Crippen LogP contribution in [0, 0.1) is 0 Å². The van der Waals surface area contributed by atoms with E-state index in [2.05, 4.69) is 221 Å². The Labute approximate surface area is 345 Å². The van der Waals surface area contributed by atoms with Crippen LogP contribution in [-0.2, 0) is 10.8 Å². The highest BCUT2D eigenvalue weighted by molar-refractivity contribution is 6.15. The van der Waals surface area contributed by atoms with Crippen molar-refractivity contribution in [3.05, 3.63) is 210 Å². The summed E-state index contributed by atoms with van der Waals surface area (Å²) in [6.07, 6.45) is 0. The van der Waals surface area contributed by atoms with Crippen LogP contribution in [-0.4, -0.2) is 0 Å². The maximum absolute atomic E-state index is 2.53. The predicted octanol–water partition coefficient (Wildman–Crippen LogP) is 16.0. The summed E-state index contributed by atoms with van der Waals surface area (Å²) in [5.74, 6) is 0. The fourth-order valence-corrected chi connectivity index (χ4v) is 10.8. The van der Waals surface area contributed by atoms with Crippen LogP contribution >= 0.6 is 0 Å². The van der Waals surface area contributed by atoms with Crippen LogP contribution in [0.25, 0.3) is 76.5 Å². The Morgan fingerprint density at radius 2 is 0.746 bits per heavy atom. The molecule has 280 valence electrons. The second kappa shape index (κ2) is 12.3. The van der Waals surface area contributed by atoms with Crippen molar-refractivity contribution in [3.8, 4) is 33.4 Å². The maximum Gasteiger partial charge on any atom is 0.0546 e. The largest absolute Gasteiger partial charge is 0.310 e. The van der Waals surface area contributed by atoms with Gasteiger partial charge in [-0.2, -0.15) is 0 Å². The Bertz CT molecular complexity index is 3400. The van der Waals surface area contributed by atoms with Crippen LogP contribution in [0.3, 0.4) is 0 Å². The molecule has 0 saturated heterocycles. The number of nitrogens with zero attached hydrogens (tertiary/aromatic N) is 1. The molecule has 0 bridgehead atoms. The molecular weight excluding hydrogens is 711 g/mol. The SMILES string of the molecule is CC1(C)c2ccccc2-c2ccc(N(c3ccc4c(c3)C(C)(C)c3cc(-c5cc6ccccc6c6ccccc56)ccc3-4)c3cc4ccccc4c4ccccc34)cc21. The van der Waals surface area contributed by atoms with E-state index in [0.29, 0.717) is 0 Å². The van der Waals surface area contributed by atoms with E-state index in [9.17, 15) is 0 Å². The molecule has 0 aliphatic heterocycles. The van der Waals surface area contributed by atoms with Crippen molar-refractivity contribution in [1.29, 1.82) is 0 Å². The molecule has 2 aliphatic carbocycles. The zero-order chi connectivity index (χ0) is 39.6. The molecule has 0 fully saturated rings. The lowest BCUT2D eigenvalue weighted by atomic mass is 9.81. The first-order chi connectivity index (χ1) is 28.8.